The zero-order valence-corrected chi connectivity index (χ0v) is 68.7. The summed E-state index contributed by atoms with van der Waals surface area (Å²) in [4.78, 5) is 37.9. The summed E-state index contributed by atoms with van der Waals surface area (Å²) in [6.45, 7) is 21.4. The first-order valence-corrected chi connectivity index (χ1v) is 38.5. The maximum atomic E-state index is 15.2. The number of nitrogens with one attached hydrogen (secondary N) is 1. The topological polar surface area (TPSA) is 250 Å². The second-order valence-electron chi connectivity index (χ2n) is 32.8. The summed E-state index contributed by atoms with van der Waals surface area (Å²) in [6.07, 6.45) is 9.26. The molecule has 3 heterocycles. The van der Waals surface area contributed by atoms with Crippen LogP contribution in [0.2, 0.25) is 0 Å². The van der Waals surface area contributed by atoms with E-state index in [2.05, 4.69) is 10.1 Å². The Kier molecular flexibility index (Phi) is 32.7. The van der Waals surface area contributed by atoms with Crippen LogP contribution in [0.3, 0.4) is 0 Å². The zero-order valence-electron chi connectivity index (χ0n) is 68.7. The number of halogens is 10. The Balaban J connectivity index is 0.000000212. The first-order valence-electron chi connectivity index (χ1n) is 38.5. The maximum absolute atomic E-state index is 15.2. The van der Waals surface area contributed by atoms with Crippen molar-refractivity contribution in [2.24, 2.45) is 5.73 Å². The van der Waals surface area contributed by atoms with Crippen molar-refractivity contribution < 1.29 is 98.8 Å². The molecule has 10 N–H and O–H groups in total. The van der Waals surface area contributed by atoms with Crippen molar-refractivity contribution in [3.8, 4) is 28.7 Å². The first-order chi connectivity index (χ1) is 55.0. The number of carboxylic acids is 2. The molecule has 16 nitrogen and oxygen atoms in total. The second-order valence-corrected chi connectivity index (χ2v) is 32.8. The highest BCUT2D eigenvalue weighted by molar-refractivity contribution is 5.87. The van der Waals surface area contributed by atoms with Crippen LogP contribution in [0, 0.1) is 34.9 Å². The van der Waals surface area contributed by atoms with Crippen molar-refractivity contribution in [1.29, 1.82) is 0 Å². The van der Waals surface area contributed by atoms with Crippen LogP contribution in [-0.4, -0.2) is 155 Å². The lowest BCUT2D eigenvalue weighted by Crippen LogP contribution is -2.48. The molecule has 0 spiro atoms. The van der Waals surface area contributed by atoms with Gasteiger partial charge < -0.3 is 51.5 Å². The van der Waals surface area contributed by atoms with Crippen LogP contribution in [0.5, 0.6) is 28.7 Å². The van der Waals surface area contributed by atoms with Crippen LogP contribution < -0.4 is 11.1 Å². The minimum absolute atomic E-state index is 0.0258. The molecule has 0 saturated heterocycles. The molecule has 8 atom stereocenters. The molecule has 0 amide bonds. The second kappa shape index (κ2) is 40.8. The minimum atomic E-state index is -1.60. The number of carbonyl (C=O) groups excluding carboxylic acids is 1. The molecule has 0 saturated carbocycles. The molecule has 0 aliphatic carbocycles. The number of nitrogens with two attached hydrogens (primary N) is 1. The normalized spacial score (nSPS) is 18.2. The van der Waals surface area contributed by atoms with Crippen molar-refractivity contribution in [2.75, 3.05) is 33.3 Å². The van der Waals surface area contributed by atoms with Gasteiger partial charge in [-0.25, -0.2) is 58.3 Å². The maximum Gasteiger partial charge on any atom is 0.330 e. The molecule has 8 aromatic carbocycles. The molecule has 0 bridgehead atoms. The zero-order chi connectivity index (χ0) is 87.8. The number of methoxy groups -OCH3 is 1. The van der Waals surface area contributed by atoms with E-state index in [0.29, 0.717) is 48.2 Å². The van der Waals surface area contributed by atoms with Gasteiger partial charge >= 0.3 is 17.9 Å². The minimum Gasteiger partial charge on any atom is -0.508 e. The fraction of sp³-hybridized carbons (Fsp3) is 0.380. The molecule has 8 aromatic rings. The molecule has 11 rings (SSSR count). The van der Waals surface area contributed by atoms with E-state index in [9.17, 15) is 52.4 Å². The number of fused-ring (bicyclic) bond motifs is 3. The summed E-state index contributed by atoms with van der Waals surface area (Å²) in [7, 11) is 1.21. The van der Waals surface area contributed by atoms with E-state index in [-0.39, 0.29) is 106 Å². The van der Waals surface area contributed by atoms with Crippen LogP contribution in [-0.2, 0) is 51.2 Å². The van der Waals surface area contributed by atoms with Crippen LogP contribution in [0.1, 0.15) is 186 Å². The number of hydrogen-bond acceptors (Lipinski definition) is 14. The van der Waals surface area contributed by atoms with E-state index < -0.39 is 93.6 Å². The SMILES string of the molecule is CC(Cc1cccc(O)c1)NCC(C)(C)F.CC(N)Cc1cccc(O)c1.CC1Cc2cc(O)ccc2C(c2c(F)cc(/C=C/C(=O)O)cc2F)N1CC(C)(C)F.CC1Cc2cc(O)ccc2C(c2c(F)cc(/C=C/C(=O)O)cc2F)N1CC(C)(C)F.COC(=O)/C=C/c1cc(F)c(C2c3ccc(O)cc3CC(C)N2CC(C)(C)F)c(F)c1. The van der Waals surface area contributed by atoms with Gasteiger partial charge in [0.15, 0.2) is 0 Å². The Morgan fingerprint density at radius 3 is 1.00 bits per heavy atom. The molecule has 26 heteroatoms. The number of carbonyl (C=O) groups is 3. The number of rotatable bonds is 22. The van der Waals surface area contributed by atoms with Gasteiger partial charge in [-0.15, -0.1) is 0 Å². The molecule has 3 aliphatic heterocycles. The van der Waals surface area contributed by atoms with Gasteiger partial charge in [-0.1, -0.05) is 42.5 Å². The molecule has 636 valence electrons. The predicted octanol–water partition coefficient (Wildman–Crippen LogP) is 18.6. The summed E-state index contributed by atoms with van der Waals surface area (Å²) in [6, 6.07) is 31.8. The van der Waals surface area contributed by atoms with Crippen molar-refractivity contribution >= 4 is 36.1 Å². The largest absolute Gasteiger partial charge is 0.508 e. The van der Waals surface area contributed by atoms with Gasteiger partial charge in [-0.2, -0.15) is 0 Å². The number of phenolic OH excluding ortho intramolecular Hbond substituents is 5. The molecule has 0 fully saturated rings. The van der Waals surface area contributed by atoms with E-state index >= 15 is 26.3 Å². The molecule has 118 heavy (non-hydrogen) atoms. The number of aliphatic carboxylic acids is 2. The van der Waals surface area contributed by atoms with Crippen molar-refractivity contribution in [3.05, 3.63) is 271 Å². The lowest BCUT2D eigenvalue weighted by atomic mass is 9.83. The molecule has 0 radical (unpaired) electrons. The number of carboxylic acid groups (broad SMARTS) is 2. The van der Waals surface area contributed by atoms with Gasteiger partial charge in [-0.3, -0.25) is 14.7 Å². The third kappa shape index (κ3) is 28.1. The molecule has 0 aromatic heterocycles. The summed E-state index contributed by atoms with van der Waals surface area (Å²) < 4.78 is 153. The average Bonchev–Trinajstić information content (AvgIpc) is 0.761. The fourth-order valence-electron chi connectivity index (χ4n) is 14.8. The summed E-state index contributed by atoms with van der Waals surface area (Å²) >= 11 is 0. The Labute approximate surface area is 683 Å². The standard InChI is InChI=1S/C24H26F3NO3.2C23H24F3NO3.C13H20FNO.C9H13NO/c1-14-9-16-12-17(29)6-7-18(16)23(28(14)13-24(2,3)27)22-19(25)10-15(11-20(22)26)5-8-21(30)31-4;2*1-13-8-15-11-16(28)5-6-17(15)22(27(13)12-23(2,3)26)21-18(24)9-14(10-19(21)25)4-7-20(29)30;1-10(15-9-13(2,3)14)7-11-5-4-6-12(16)8-11;1-7(10)5-8-3-2-4-9(11)6-8/h5-8,10-12,14,23,29H,9,13H2,1-4H3;2*4-7,9-11,13,22,28H,8,12H2,1-3H3,(H,29,30);4-6,8,10,15-16H,7,9H2,1-3H3;2-4,6-7,11H,5,10H2,1H3/b8-5+;2*7-4+;;. The van der Waals surface area contributed by atoms with Crippen molar-refractivity contribution in [3.63, 3.8) is 0 Å². The van der Waals surface area contributed by atoms with E-state index in [1.807, 2.05) is 58.9 Å². The van der Waals surface area contributed by atoms with E-state index in [1.54, 1.807) is 89.2 Å². The van der Waals surface area contributed by atoms with Crippen LogP contribution in [0.25, 0.3) is 18.2 Å². The van der Waals surface area contributed by atoms with Crippen molar-refractivity contribution in [2.45, 2.75) is 193 Å². The average molecular weight is 1650 g/mol. The smallest absolute Gasteiger partial charge is 0.330 e. The number of benzene rings is 8. The summed E-state index contributed by atoms with van der Waals surface area (Å²) in [5.74, 6) is -7.35. The molecule has 3 aliphatic rings. The quantitative estimate of drug-likeness (QED) is 0.0174. The summed E-state index contributed by atoms with van der Waals surface area (Å²) in [5, 5.41) is 68.6. The third-order valence-corrected chi connectivity index (χ3v) is 19.5. The first kappa shape index (κ1) is 94.6. The molecule has 8 unspecified atom stereocenters. The number of ether oxygens (including phenoxy) is 1. The Morgan fingerprint density at radius 2 is 0.737 bits per heavy atom. The number of esters is 1. The third-order valence-electron chi connectivity index (χ3n) is 19.5. The Bertz CT molecular complexity index is 4670. The fourth-order valence-corrected chi connectivity index (χ4v) is 14.8. The number of phenols is 5. The van der Waals surface area contributed by atoms with Crippen molar-refractivity contribution in [1.82, 2.24) is 20.0 Å². The number of hydrogen-bond donors (Lipinski definition) is 9. The monoisotopic (exact) mass is 1650 g/mol. The van der Waals surface area contributed by atoms with E-state index in [1.165, 1.54) is 72.9 Å². The number of nitrogens with zero attached hydrogens (tertiary/aromatic N) is 3. The Hall–Kier alpha value is -10.5. The van der Waals surface area contributed by atoms with Gasteiger partial charge in [0.1, 0.15) is 86.3 Å². The summed E-state index contributed by atoms with van der Waals surface area (Å²) in [5.41, 5.74) is 5.48. The highest BCUT2D eigenvalue weighted by Crippen LogP contribution is 2.46. The molecular formula is C92H107F10N5O11. The lowest BCUT2D eigenvalue weighted by molar-refractivity contribution is -0.135. The Morgan fingerprint density at radius 1 is 0.449 bits per heavy atom. The highest BCUT2D eigenvalue weighted by atomic mass is 19.2. The van der Waals surface area contributed by atoms with Gasteiger partial charge in [0.2, 0.25) is 0 Å². The van der Waals surface area contributed by atoms with Gasteiger partial charge in [0.25, 0.3) is 0 Å². The van der Waals surface area contributed by atoms with Gasteiger partial charge in [0, 0.05) is 91.3 Å². The number of alkyl halides is 4. The highest BCUT2D eigenvalue weighted by Gasteiger charge is 2.43. The molecular weight excluding hydrogens is 1540 g/mol. The van der Waals surface area contributed by atoms with Crippen LogP contribution in [0.4, 0.5) is 43.9 Å². The van der Waals surface area contributed by atoms with Crippen LogP contribution in [0.15, 0.2) is 158 Å². The van der Waals surface area contributed by atoms with E-state index in [4.69, 9.17) is 21.1 Å². The lowest BCUT2D eigenvalue weighted by Gasteiger charge is -2.44. The number of aromatic hydroxyl groups is 5. The van der Waals surface area contributed by atoms with E-state index in [0.717, 1.165) is 107 Å². The van der Waals surface area contributed by atoms with Gasteiger partial charge in [0.05, 0.1) is 25.2 Å². The van der Waals surface area contributed by atoms with Gasteiger partial charge in [-0.05, 0) is 299 Å². The predicted molar refractivity (Wildman–Crippen MR) is 438 cm³/mol. The van der Waals surface area contributed by atoms with Crippen LogP contribution >= 0.6 is 0 Å².